The Bertz CT molecular complexity index is 1160. The van der Waals surface area contributed by atoms with Crippen molar-refractivity contribution in [2.45, 2.75) is 78.6 Å². The summed E-state index contributed by atoms with van der Waals surface area (Å²) in [5.41, 5.74) is 2.47. The van der Waals surface area contributed by atoms with Gasteiger partial charge in [-0.2, -0.15) is 0 Å². The first kappa shape index (κ1) is 31.3. The molecule has 0 spiro atoms. The van der Waals surface area contributed by atoms with Crippen molar-refractivity contribution in [3.05, 3.63) is 70.8 Å². The van der Waals surface area contributed by atoms with Gasteiger partial charge in [0.1, 0.15) is 24.2 Å². The van der Waals surface area contributed by atoms with Gasteiger partial charge in [-0.25, -0.2) is 4.79 Å². The highest BCUT2D eigenvalue weighted by molar-refractivity contribution is 5.93. The zero-order chi connectivity index (χ0) is 29.3. The van der Waals surface area contributed by atoms with Gasteiger partial charge in [0.15, 0.2) is 0 Å². The number of methoxy groups -OCH3 is 1. The van der Waals surface area contributed by atoms with Crippen molar-refractivity contribution in [3.8, 4) is 0 Å². The van der Waals surface area contributed by atoms with Gasteiger partial charge in [-0.05, 0) is 70.7 Å². The zero-order valence-electron chi connectivity index (χ0n) is 24.2. The summed E-state index contributed by atoms with van der Waals surface area (Å²) in [6.45, 7) is 12.3. The van der Waals surface area contributed by atoms with Gasteiger partial charge in [0.25, 0.3) is 0 Å². The number of esters is 1. The Morgan fingerprint density at radius 1 is 0.949 bits per heavy atom. The molecule has 0 aliphatic rings. The maximum absolute atomic E-state index is 14.3. The molecule has 2 atom stereocenters. The molecular formula is C30H41N3O6. The van der Waals surface area contributed by atoms with Crippen molar-refractivity contribution in [2.75, 3.05) is 13.7 Å². The molecule has 0 bridgehead atoms. The fourth-order valence-electron chi connectivity index (χ4n) is 4.18. The van der Waals surface area contributed by atoms with Crippen LogP contribution in [-0.2, 0) is 30.3 Å². The third-order valence-electron chi connectivity index (χ3n) is 6.18. The molecule has 9 nitrogen and oxygen atoms in total. The summed E-state index contributed by atoms with van der Waals surface area (Å²) in [5.74, 6) is -1.61. The molecule has 0 aliphatic carbocycles. The van der Waals surface area contributed by atoms with E-state index < -0.39 is 47.6 Å². The van der Waals surface area contributed by atoms with Gasteiger partial charge in [-0.15, -0.1) is 0 Å². The molecule has 0 aromatic heterocycles. The van der Waals surface area contributed by atoms with Crippen LogP contribution in [0.25, 0.3) is 0 Å². The van der Waals surface area contributed by atoms with Gasteiger partial charge in [0.05, 0.1) is 7.11 Å². The van der Waals surface area contributed by atoms with Crippen LogP contribution < -0.4 is 10.6 Å². The molecule has 9 heteroatoms. The molecule has 0 saturated heterocycles. The quantitative estimate of drug-likeness (QED) is 0.441. The molecular weight excluding hydrogens is 498 g/mol. The van der Waals surface area contributed by atoms with Crippen LogP contribution in [0.15, 0.2) is 48.5 Å². The van der Waals surface area contributed by atoms with Crippen LogP contribution in [-0.4, -0.2) is 60.1 Å². The predicted molar refractivity (Wildman–Crippen MR) is 149 cm³/mol. The van der Waals surface area contributed by atoms with Crippen molar-refractivity contribution < 1.29 is 28.7 Å². The molecule has 0 radical (unpaired) electrons. The Balaban J connectivity index is 2.57. The lowest BCUT2D eigenvalue weighted by Gasteiger charge is -2.38. The lowest BCUT2D eigenvalue weighted by Crippen LogP contribution is -2.56. The molecule has 2 unspecified atom stereocenters. The fraction of sp³-hybridized carbons (Fsp3) is 0.467. The molecule has 2 aromatic rings. The maximum atomic E-state index is 14.3. The van der Waals surface area contributed by atoms with E-state index in [4.69, 9.17) is 4.74 Å². The predicted octanol–water partition coefficient (Wildman–Crippen LogP) is 4.01. The highest BCUT2D eigenvalue weighted by Gasteiger charge is 2.38. The minimum Gasteiger partial charge on any atom is -0.468 e. The summed E-state index contributed by atoms with van der Waals surface area (Å²) in [4.78, 5) is 54.0. The van der Waals surface area contributed by atoms with Crippen molar-refractivity contribution >= 4 is 23.9 Å². The number of carbonyl (C=O) groups excluding carboxylic acids is 4. The minimum atomic E-state index is -1.07. The van der Waals surface area contributed by atoms with Crippen molar-refractivity contribution in [3.63, 3.8) is 0 Å². The van der Waals surface area contributed by atoms with E-state index in [2.05, 4.69) is 15.4 Å². The second-order valence-electron chi connectivity index (χ2n) is 10.7. The Morgan fingerprint density at radius 3 is 2.15 bits per heavy atom. The molecule has 2 N–H and O–H groups in total. The number of rotatable bonds is 10. The lowest BCUT2D eigenvalue weighted by atomic mass is 9.93. The maximum Gasteiger partial charge on any atom is 0.408 e. The first-order valence-corrected chi connectivity index (χ1v) is 13.0. The Kier molecular flexibility index (Phi) is 11.1. The molecule has 2 rings (SSSR count). The standard InChI is InChI=1S/C30H41N3O6/c1-19(2)33(26(27(35)31-18-25(34)38-8)23-16-12-13-20(3)21(23)4)28(36)24(17-22-14-10-9-11-15-22)32-29(37)39-30(5,6)7/h9-16,19,24,26H,17-18H2,1-8H3,(H,31,35)(H,32,37). The largest absolute Gasteiger partial charge is 0.468 e. The Labute approximate surface area is 231 Å². The van der Waals surface area contributed by atoms with Crippen LogP contribution in [0.1, 0.15) is 62.9 Å². The Morgan fingerprint density at radius 2 is 1.59 bits per heavy atom. The first-order chi connectivity index (χ1) is 18.2. The normalized spacial score (nSPS) is 12.7. The van der Waals surface area contributed by atoms with E-state index in [1.54, 1.807) is 40.7 Å². The monoisotopic (exact) mass is 539 g/mol. The van der Waals surface area contributed by atoms with Crippen molar-refractivity contribution in [1.29, 1.82) is 0 Å². The van der Waals surface area contributed by atoms with Crippen LogP contribution in [0.4, 0.5) is 4.79 Å². The number of aryl methyl sites for hydroxylation is 1. The molecule has 3 amide bonds. The van der Waals surface area contributed by atoms with E-state index in [9.17, 15) is 19.2 Å². The fourth-order valence-corrected chi connectivity index (χ4v) is 4.18. The highest BCUT2D eigenvalue weighted by Crippen LogP contribution is 2.29. The van der Waals surface area contributed by atoms with Crippen LogP contribution in [0.2, 0.25) is 0 Å². The highest BCUT2D eigenvalue weighted by atomic mass is 16.6. The van der Waals surface area contributed by atoms with E-state index in [-0.39, 0.29) is 13.0 Å². The number of hydrogen-bond donors (Lipinski definition) is 2. The number of alkyl carbamates (subject to hydrolysis) is 1. The molecule has 0 saturated carbocycles. The molecule has 212 valence electrons. The summed E-state index contributed by atoms with van der Waals surface area (Å²) >= 11 is 0. The second kappa shape index (κ2) is 13.8. The van der Waals surface area contributed by atoms with Gasteiger partial charge >= 0.3 is 12.1 Å². The first-order valence-electron chi connectivity index (χ1n) is 13.0. The third-order valence-corrected chi connectivity index (χ3v) is 6.18. The van der Waals surface area contributed by atoms with Gasteiger partial charge < -0.3 is 25.0 Å². The zero-order valence-corrected chi connectivity index (χ0v) is 24.2. The number of hydrogen-bond acceptors (Lipinski definition) is 6. The Hall–Kier alpha value is -3.88. The number of nitrogens with one attached hydrogen (secondary N) is 2. The SMILES string of the molecule is COC(=O)CNC(=O)C(c1cccc(C)c1C)N(C(=O)C(Cc1ccccc1)NC(=O)OC(C)(C)C)C(C)C. The van der Waals surface area contributed by atoms with E-state index in [0.29, 0.717) is 5.56 Å². The number of amides is 3. The summed E-state index contributed by atoms with van der Waals surface area (Å²) < 4.78 is 10.1. The average molecular weight is 540 g/mol. The molecule has 0 heterocycles. The van der Waals surface area contributed by atoms with Gasteiger partial charge in [0.2, 0.25) is 11.8 Å². The minimum absolute atomic E-state index is 0.186. The molecule has 2 aromatic carbocycles. The summed E-state index contributed by atoms with van der Waals surface area (Å²) in [5, 5.41) is 5.34. The van der Waals surface area contributed by atoms with Gasteiger partial charge in [-0.3, -0.25) is 14.4 Å². The van der Waals surface area contributed by atoms with Crippen LogP contribution >= 0.6 is 0 Å². The summed E-state index contributed by atoms with van der Waals surface area (Å²) in [7, 11) is 1.23. The van der Waals surface area contributed by atoms with Crippen LogP contribution in [0, 0.1) is 13.8 Å². The van der Waals surface area contributed by atoms with E-state index >= 15 is 0 Å². The van der Waals surface area contributed by atoms with E-state index in [0.717, 1.165) is 16.7 Å². The molecule has 0 fully saturated rings. The smallest absolute Gasteiger partial charge is 0.408 e. The summed E-state index contributed by atoms with van der Waals surface area (Å²) in [6.07, 6.45) is -0.551. The van der Waals surface area contributed by atoms with Crippen molar-refractivity contribution in [1.82, 2.24) is 15.5 Å². The topological polar surface area (TPSA) is 114 Å². The van der Waals surface area contributed by atoms with Gasteiger partial charge in [-0.1, -0.05) is 48.5 Å². The molecule has 0 aliphatic heterocycles. The molecule has 39 heavy (non-hydrogen) atoms. The van der Waals surface area contributed by atoms with E-state index in [1.165, 1.54) is 12.0 Å². The lowest BCUT2D eigenvalue weighted by molar-refractivity contribution is -0.146. The number of ether oxygens (including phenoxy) is 2. The van der Waals surface area contributed by atoms with Crippen LogP contribution in [0.3, 0.4) is 0 Å². The second-order valence-corrected chi connectivity index (χ2v) is 10.7. The summed E-state index contributed by atoms with van der Waals surface area (Å²) in [6, 6.07) is 12.3. The number of benzene rings is 2. The van der Waals surface area contributed by atoms with Crippen LogP contribution in [0.5, 0.6) is 0 Å². The van der Waals surface area contributed by atoms with Crippen molar-refractivity contribution in [2.24, 2.45) is 0 Å². The number of carbonyl (C=O) groups is 4. The average Bonchev–Trinajstić information content (AvgIpc) is 2.86. The number of nitrogens with zero attached hydrogens (tertiary/aromatic N) is 1. The third kappa shape index (κ3) is 9.12. The van der Waals surface area contributed by atoms with Gasteiger partial charge in [0, 0.05) is 12.5 Å². The van der Waals surface area contributed by atoms with E-state index in [1.807, 2.05) is 56.3 Å².